The first-order valence-corrected chi connectivity index (χ1v) is 9.70. The molecule has 1 aliphatic rings. The Labute approximate surface area is 147 Å². The maximum atomic E-state index is 13.4. The van der Waals surface area contributed by atoms with E-state index in [1.165, 1.54) is 24.3 Å². The summed E-state index contributed by atoms with van der Waals surface area (Å²) in [6.45, 7) is 3.76. The van der Waals surface area contributed by atoms with Gasteiger partial charge in [-0.15, -0.1) is 0 Å². The Kier molecular flexibility index (Phi) is 4.96. The van der Waals surface area contributed by atoms with Gasteiger partial charge in [0.15, 0.2) is 0 Å². The predicted octanol–water partition coefficient (Wildman–Crippen LogP) is 2.38. The average Bonchev–Trinajstić information content (AvgIpc) is 2.79. The molecular weight excluding hydrogens is 341 g/mol. The standard InChI is InChI=1S/C18H22FN3O2S/c1-21-8-3-9-22(11-10-21)15-6-7-18(17(20)13-15)25(23,24)16-5-2-4-14(19)12-16/h2,4-7,12-13H,3,8-11,20H2,1H3. The molecule has 5 nitrogen and oxygen atoms in total. The summed E-state index contributed by atoms with van der Waals surface area (Å²) in [6, 6.07) is 9.94. The van der Waals surface area contributed by atoms with Crippen molar-refractivity contribution in [2.24, 2.45) is 0 Å². The summed E-state index contributed by atoms with van der Waals surface area (Å²) in [7, 11) is -1.76. The Hall–Kier alpha value is -2.12. The monoisotopic (exact) mass is 363 g/mol. The fraction of sp³-hybridized carbons (Fsp3) is 0.333. The highest BCUT2D eigenvalue weighted by Gasteiger charge is 2.22. The van der Waals surface area contributed by atoms with Crippen molar-refractivity contribution in [2.45, 2.75) is 16.2 Å². The van der Waals surface area contributed by atoms with Gasteiger partial charge < -0.3 is 15.5 Å². The molecule has 25 heavy (non-hydrogen) atoms. The Morgan fingerprint density at radius 2 is 1.84 bits per heavy atom. The maximum absolute atomic E-state index is 13.4. The van der Waals surface area contributed by atoms with E-state index >= 15 is 0 Å². The third-order valence-corrected chi connectivity index (χ3v) is 6.30. The van der Waals surface area contributed by atoms with E-state index in [2.05, 4.69) is 16.8 Å². The van der Waals surface area contributed by atoms with Gasteiger partial charge in [0.2, 0.25) is 9.84 Å². The molecule has 0 radical (unpaired) electrons. The summed E-state index contributed by atoms with van der Waals surface area (Å²) in [4.78, 5) is 4.39. The Morgan fingerprint density at radius 1 is 1.04 bits per heavy atom. The van der Waals surface area contributed by atoms with Gasteiger partial charge in [0, 0.05) is 25.3 Å². The molecule has 1 fully saturated rings. The predicted molar refractivity (Wildman–Crippen MR) is 97.0 cm³/mol. The number of anilines is 2. The maximum Gasteiger partial charge on any atom is 0.208 e. The van der Waals surface area contributed by atoms with Gasteiger partial charge in [-0.2, -0.15) is 0 Å². The number of nitrogens with zero attached hydrogens (tertiary/aromatic N) is 2. The third kappa shape index (κ3) is 3.77. The van der Waals surface area contributed by atoms with E-state index in [-0.39, 0.29) is 15.5 Å². The Balaban J connectivity index is 1.92. The zero-order valence-corrected chi connectivity index (χ0v) is 15.0. The van der Waals surface area contributed by atoms with Crippen LogP contribution < -0.4 is 10.6 Å². The number of likely N-dealkylation sites (N-methyl/N-ethyl adjacent to an activating group) is 1. The second kappa shape index (κ2) is 7.01. The van der Waals surface area contributed by atoms with Crippen molar-refractivity contribution >= 4 is 21.2 Å². The van der Waals surface area contributed by atoms with Gasteiger partial charge in [0.1, 0.15) is 5.82 Å². The normalized spacial score (nSPS) is 16.6. The number of rotatable bonds is 3. The summed E-state index contributed by atoms with van der Waals surface area (Å²) >= 11 is 0. The molecule has 2 aromatic carbocycles. The van der Waals surface area contributed by atoms with E-state index in [1.807, 2.05) is 0 Å². The molecule has 134 valence electrons. The van der Waals surface area contributed by atoms with Crippen molar-refractivity contribution < 1.29 is 12.8 Å². The minimum Gasteiger partial charge on any atom is -0.398 e. The number of nitrogen functional groups attached to an aromatic ring is 1. The molecule has 0 unspecified atom stereocenters. The largest absolute Gasteiger partial charge is 0.398 e. The average molecular weight is 363 g/mol. The highest BCUT2D eigenvalue weighted by Crippen LogP contribution is 2.30. The molecule has 0 aromatic heterocycles. The van der Waals surface area contributed by atoms with Crippen LogP contribution in [0.25, 0.3) is 0 Å². The van der Waals surface area contributed by atoms with Gasteiger partial charge in [-0.05, 0) is 56.4 Å². The van der Waals surface area contributed by atoms with Crippen LogP contribution in [-0.4, -0.2) is 46.5 Å². The lowest BCUT2D eigenvalue weighted by Gasteiger charge is -2.23. The minimum absolute atomic E-state index is 0.00814. The van der Waals surface area contributed by atoms with Crippen molar-refractivity contribution in [3.63, 3.8) is 0 Å². The summed E-state index contributed by atoms with van der Waals surface area (Å²) in [5.41, 5.74) is 7.13. The van der Waals surface area contributed by atoms with Crippen molar-refractivity contribution in [3.8, 4) is 0 Å². The second-order valence-electron chi connectivity index (χ2n) is 6.33. The quantitative estimate of drug-likeness (QED) is 0.848. The number of halogens is 1. The molecule has 2 aromatic rings. The van der Waals surface area contributed by atoms with Gasteiger partial charge in [0.25, 0.3) is 0 Å². The van der Waals surface area contributed by atoms with Crippen molar-refractivity contribution in [3.05, 3.63) is 48.3 Å². The molecule has 1 saturated heterocycles. The number of nitrogens with two attached hydrogens (primary N) is 1. The first-order valence-electron chi connectivity index (χ1n) is 8.21. The van der Waals surface area contributed by atoms with Crippen LogP contribution in [0.5, 0.6) is 0 Å². The van der Waals surface area contributed by atoms with Gasteiger partial charge >= 0.3 is 0 Å². The molecule has 7 heteroatoms. The highest BCUT2D eigenvalue weighted by molar-refractivity contribution is 7.91. The lowest BCUT2D eigenvalue weighted by molar-refractivity contribution is 0.360. The summed E-state index contributed by atoms with van der Waals surface area (Å²) < 4.78 is 38.8. The molecule has 2 N–H and O–H groups in total. The topological polar surface area (TPSA) is 66.6 Å². The number of sulfone groups is 1. The van der Waals surface area contributed by atoms with Gasteiger partial charge in [-0.25, -0.2) is 12.8 Å². The minimum atomic E-state index is -3.85. The number of benzene rings is 2. The van der Waals surface area contributed by atoms with E-state index in [1.54, 1.807) is 12.1 Å². The molecule has 0 bridgehead atoms. The van der Waals surface area contributed by atoms with Crippen LogP contribution in [0.2, 0.25) is 0 Å². The smallest absolute Gasteiger partial charge is 0.208 e. The second-order valence-corrected chi connectivity index (χ2v) is 8.24. The first kappa shape index (κ1) is 17.7. The van der Waals surface area contributed by atoms with E-state index in [0.29, 0.717) is 0 Å². The lowest BCUT2D eigenvalue weighted by atomic mass is 10.2. The van der Waals surface area contributed by atoms with Gasteiger partial charge in [-0.1, -0.05) is 6.07 Å². The van der Waals surface area contributed by atoms with Crippen molar-refractivity contribution in [2.75, 3.05) is 43.9 Å². The fourth-order valence-electron chi connectivity index (χ4n) is 3.04. The van der Waals surface area contributed by atoms with E-state index in [9.17, 15) is 12.8 Å². The molecule has 0 spiro atoms. The molecule has 3 rings (SSSR count). The van der Waals surface area contributed by atoms with Crippen LogP contribution in [-0.2, 0) is 9.84 Å². The van der Waals surface area contributed by atoms with Crippen LogP contribution in [0.4, 0.5) is 15.8 Å². The first-order chi connectivity index (χ1) is 11.9. The van der Waals surface area contributed by atoms with E-state index in [0.717, 1.165) is 44.4 Å². The molecule has 0 atom stereocenters. The molecular formula is C18H22FN3O2S. The molecule has 0 saturated carbocycles. The van der Waals surface area contributed by atoms with E-state index in [4.69, 9.17) is 5.73 Å². The van der Waals surface area contributed by atoms with Crippen LogP contribution in [0.1, 0.15) is 6.42 Å². The lowest BCUT2D eigenvalue weighted by Crippen LogP contribution is -2.28. The molecule has 0 amide bonds. The highest BCUT2D eigenvalue weighted by atomic mass is 32.2. The van der Waals surface area contributed by atoms with Gasteiger partial charge in [-0.3, -0.25) is 0 Å². The Morgan fingerprint density at radius 3 is 2.56 bits per heavy atom. The van der Waals surface area contributed by atoms with Crippen LogP contribution in [0.3, 0.4) is 0 Å². The van der Waals surface area contributed by atoms with Crippen LogP contribution in [0.15, 0.2) is 52.3 Å². The summed E-state index contributed by atoms with van der Waals surface area (Å²) in [6.07, 6.45) is 1.04. The van der Waals surface area contributed by atoms with Crippen molar-refractivity contribution in [1.82, 2.24) is 4.90 Å². The molecule has 1 aliphatic heterocycles. The van der Waals surface area contributed by atoms with Crippen molar-refractivity contribution in [1.29, 1.82) is 0 Å². The zero-order valence-electron chi connectivity index (χ0n) is 14.2. The number of hydrogen-bond donors (Lipinski definition) is 1. The third-order valence-electron chi connectivity index (χ3n) is 4.47. The zero-order chi connectivity index (χ0) is 18.0. The summed E-state index contributed by atoms with van der Waals surface area (Å²) in [5.74, 6) is -0.593. The van der Waals surface area contributed by atoms with E-state index < -0.39 is 15.7 Å². The van der Waals surface area contributed by atoms with Crippen LogP contribution >= 0.6 is 0 Å². The molecule has 0 aliphatic carbocycles. The fourth-order valence-corrected chi connectivity index (χ4v) is 4.44. The number of hydrogen-bond acceptors (Lipinski definition) is 5. The Bertz CT molecular complexity index is 870. The van der Waals surface area contributed by atoms with Crippen LogP contribution in [0, 0.1) is 5.82 Å². The van der Waals surface area contributed by atoms with Gasteiger partial charge in [0.05, 0.1) is 15.5 Å². The summed E-state index contributed by atoms with van der Waals surface area (Å²) in [5, 5.41) is 0. The molecule has 1 heterocycles. The SMILES string of the molecule is CN1CCCN(c2ccc(S(=O)(=O)c3cccc(F)c3)c(N)c2)CC1.